The molecule has 0 aliphatic carbocycles. The van der Waals surface area contributed by atoms with Gasteiger partial charge in [0.2, 0.25) is 0 Å². The normalized spacial score (nSPS) is 15.1. The first kappa shape index (κ1) is 14.4. The van der Waals surface area contributed by atoms with E-state index in [2.05, 4.69) is 36.2 Å². The molecule has 0 aromatic carbocycles. The molecule has 0 aromatic rings. The van der Waals surface area contributed by atoms with Crippen molar-refractivity contribution in [1.29, 1.82) is 0 Å². The van der Waals surface area contributed by atoms with E-state index in [0.29, 0.717) is 0 Å². The number of unbranched alkanes of at least 4 members (excludes halogenated alkanes) is 1. The summed E-state index contributed by atoms with van der Waals surface area (Å²) in [6.07, 6.45) is 6.87. The van der Waals surface area contributed by atoms with Gasteiger partial charge in [-0.15, -0.1) is 0 Å². The Bertz CT molecular complexity index is 330. The van der Waals surface area contributed by atoms with Crippen molar-refractivity contribution in [2.24, 2.45) is 0 Å². The van der Waals surface area contributed by atoms with E-state index in [1.807, 2.05) is 0 Å². The second-order valence-corrected chi connectivity index (χ2v) is 6.10. The Hall–Kier alpha value is -0.638. The maximum absolute atomic E-state index is 8.75. The van der Waals surface area contributed by atoms with Crippen LogP contribution in [0.1, 0.15) is 19.8 Å². The Balaban J connectivity index is 0.000000336. The summed E-state index contributed by atoms with van der Waals surface area (Å²) in [4.78, 5) is 4.53. The molecule has 0 saturated carbocycles. The molecular formula is C8H17N2O4Re. The molecule has 0 fully saturated rings. The van der Waals surface area contributed by atoms with Crippen molar-refractivity contribution in [3.8, 4) is 0 Å². The SMILES string of the molecule is CCCCN1C=CN(C)C1.[O]=[Re](=[O])(=[O])[OH]. The second kappa shape index (κ2) is 6.77. The average molecular weight is 391 g/mol. The van der Waals surface area contributed by atoms with Gasteiger partial charge in [0.25, 0.3) is 0 Å². The average Bonchev–Trinajstić information content (AvgIpc) is 2.45. The van der Waals surface area contributed by atoms with E-state index in [1.165, 1.54) is 19.4 Å². The van der Waals surface area contributed by atoms with Gasteiger partial charge in [0.15, 0.2) is 0 Å². The summed E-state index contributed by atoms with van der Waals surface area (Å²) >= 11 is -5.86. The zero-order chi connectivity index (χ0) is 11.9. The molecule has 90 valence electrons. The molecule has 0 aromatic heterocycles. The minimum atomic E-state index is -5.86. The number of nitrogens with zero attached hydrogens (tertiary/aromatic N) is 2. The fourth-order valence-corrected chi connectivity index (χ4v) is 1.10. The Morgan fingerprint density at radius 2 is 1.87 bits per heavy atom. The van der Waals surface area contributed by atoms with Gasteiger partial charge in [-0.3, -0.25) is 0 Å². The van der Waals surface area contributed by atoms with Crippen molar-refractivity contribution in [2.45, 2.75) is 19.8 Å². The van der Waals surface area contributed by atoms with E-state index in [1.54, 1.807) is 0 Å². The third-order valence-electron chi connectivity index (χ3n) is 1.74. The fraction of sp³-hybridized carbons (Fsp3) is 0.750. The van der Waals surface area contributed by atoms with Crippen LogP contribution < -0.4 is 0 Å². The van der Waals surface area contributed by atoms with Crippen LogP contribution in [0, 0.1) is 0 Å². The predicted molar refractivity (Wildman–Crippen MR) is 47.7 cm³/mol. The van der Waals surface area contributed by atoms with Crippen LogP contribution in [0.5, 0.6) is 0 Å². The molecule has 0 spiro atoms. The van der Waals surface area contributed by atoms with Crippen LogP contribution in [-0.2, 0) is 26.2 Å². The molecule has 1 aliphatic rings. The monoisotopic (exact) mass is 392 g/mol. The number of hydrogen-bond donors (Lipinski definition) is 1. The van der Waals surface area contributed by atoms with Crippen molar-refractivity contribution in [2.75, 3.05) is 20.3 Å². The predicted octanol–water partition coefficient (Wildman–Crippen LogP) is 0.547. The summed E-state index contributed by atoms with van der Waals surface area (Å²) in [5.41, 5.74) is 0. The first-order chi connectivity index (χ1) is 6.83. The molecule has 1 aliphatic heterocycles. The van der Waals surface area contributed by atoms with Gasteiger partial charge in [0.1, 0.15) is 0 Å². The number of rotatable bonds is 3. The first-order valence-corrected chi connectivity index (χ1v) is 9.13. The molecule has 1 N–H and O–H groups in total. The van der Waals surface area contributed by atoms with Crippen LogP contribution in [-0.4, -0.2) is 33.9 Å². The van der Waals surface area contributed by atoms with Gasteiger partial charge in [-0.25, -0.2) is 0 Å². The van der Waals surface area contributed by atoms with Crippen LogP contribution in [0.3, 0.4) is 0 Å². The molecular weight excluding hydrogens is 374 g/mol. The molecule has 1 heterocycles. The zero-order valence-electron chi connectivity index (χ0n) is 8.93. The summed E-state index contributed by atoms with van der Waals surface area (Å²) < 4.78 is 33.3. The summed E-state index contributed by atoms with van der Waals surface area (Å²) in [5.74, 6) is 0. The molecule has 7 heteroatoms. The van der Waals surface area contributed by atoms with E-state index >= 15 is 0 Å². The quantitative estimate of drug-likeness (QED) is 0.757. The molecule has 0 unspecified atom stereocenters. The molecule has 6 nitrogen and oxygen atoms in total. The fourth-order valence-electron chi connectivity index (χ4n) is 1.10. The standard InChI is InChI=1S/C8H16N2.H2O.3O.Re/c1-3-4-5-10-7-6-9(2)8-10;;;;;/h6-7H,3-5,8H2,1-2H3;1H2;;;;/q;;;;;+1/p-1. The third kappa shape index (κ3) is 11.3. The second-order valence-electron chi connectivity index (χ2n) is 3.26. The van der Waals surface area contributed by atoms with Gasteiger partial charge in [-0.1, -0.05) is 13.3 Å². The topological polar surface area (TPSA) is 77.9 Å². The summed E-state index contributed by atoms with van der Waals surface area (Å²) in [5, 5.41) is 0. The van der Waals surface area contributed by atoms with Gasteiger partial charge in [0.05, 0.1) is 6.67 Å². The van der Waals surface area contributed by atoms with Crippen LogP contribution in [0.2, 0.25) is 0 Å². The Labute approximate surface area is 92.5 Å². The Morgan fingerprint density at radius 1 is 1.33 bits per heavy atom. The van der Waals surface area contributed by atoms with Crippen LogP contribution in [0.15, 0.2) is 12.4 Å². The van der Waals surface area contributed by atoms with Crippen molar-refractivity contribution in [3.63, 3.8) is 0 Å². The Morgan fingerprint density at radius 3 is 2.20 bits per heavy atom. The molecule has 15 heavy (non-hydrogen) atoms. The van der Waals surface area contributed by atoms with Crippen molar-refractivity contribution >= 4 is 0 Å². The molecule has 0 amide bonds. The van der Waals surface area contributed by atoms with Crippen LogP contribution in [0.4, 0.5) is 0 Å². The van der Waals surface area contributed by atoms with Crippen molar-refractivity contribution in [1.82, 2.24) is 9.80 Å². The van der Waals surface area contributed by atoms with Crippen molar-refractivity contribution < 1.29 is 30.0 Å². The first-order valence-electron chi connectivity index (χ1n) is 4.58. The summed E-state index contributed by atoms with van der Waals surface area (Å²) in [6.45, 7) is 4.50. The van der Waals surface area contributed by atoms with Gasteiger partial charge < -0.3 is 9.80 Å². The van der Waals surface area contributed by atoms with Gasteiger partial charge in [0, 0.05) is 26.0 Å². The van der Waals surface area contributed by atoms with Crippen molar-refractivity contribution in [3.05, 3.63) is 12.4 Å². The van der Waals surface area contributed by atoms with Gasteiger partial charge in [-0.05, 0) is 6.42 Å². The summed E-state index contributed by atoms with van der Waals surface area (Å²) in [7, 11) is 2.10. The third-order valence-corrected chi connectivity index (χ3v) is 1.74. The maximum atomic E-state index is 8.75. The molecule has 0 atom stereocenters. The van der Waals surface area contributed by atoms with E-state index < -0.39 is 15.8 Å². The van der Waals surface area contributed by atoms with E-state index in [-0.39, 0.29) is 0 Å². The zero-order valence-corrected chi connectivity index (χ0v) is 11.6. The molecule has 1 rings (SSSR count). The number of hydrogen-bond acceptors (Lipinski definition) is 5. The summed E-state index contributed by atoms with van der Waals surface area (Å²) in [6, 6.07) is 0. The molecule has 0 bridgehead atoms. The van der Waals surface area contributed by atoms with Gasteiger partial charge in [-0.2, -0.15) is 0 Å². The van der Waals surface area contributed by atoms with E-state index in [0.717, 1.165) is 6.67 Å². The van der Waals surface area contributed by atoms with E-state index in [9.17, 15) is 0 Å². The van der Waals surface area contributed by atoms with Gasteiger partial charge >= 0.3 is 30.0 Å². The molecule has 0 radical (unpaired) electrons. The van der Waals surface area contributed by atoms with Crippen LogP contribution in [0.25, 0.3) is 0 Å². The Kier molecular flexibility index (Phi) is 6.49. The minimum absolute atomic E-state index is 1.07. The van der Waals surface area contributed by atoms with E-state index in [4.69, 9.17) is 14.2 Å². The van der Waals surface area contributed by atoms with Crippen LogP contribution >= 0.6 is 0 Å². The molecule has 0 saturated heterocycles.